The number of amides is 1. The van der Waals surface area contributed by atoms with Crippen LogP contribution in [0.3, 0.4) is 0 Å². The molecule has 1 aliphatic heterocycles. The van der Waals surface area contributed by atoms with E-state index in [-0.39, 0.29) is 10.8 Å². The number of carbonyl (C=O) groups excluding carboxylic acids is 1. The van der Waals surface area contributed by atoms with Crippen molar-refractivity contribution in [1.82, 2.24) is 9.62 Å². The number of sulfonamides is 1. The van der Waals surface area contributed by atoms with Crippen LogP contribution in [0.4, 0.5) is 5.69 Å². The topological polar surface area (TPSA) is 78.9 Å². The molecule has 1 aliphatic rings. The Hall–Kier alpha value is -2.58. The summed E-state index contributed by atoms with van der Waals surface area (Å²) in [6.45, 7) is 8.33. The lowest BCUT2D eigenvalue weighted by molar-refractivity contribution is -0.132. The molecule has 1 heterocycles. The predicted octanol–water partition coefficient (Wildman–Crippen LogP) is 2.33. The molecule has 8 heteroatoms. The standard InChI is InChI=1S/C22H29N3O4S/c1-16-6-5-7-21(17(16)2)24-12-14-25(15-13-24)22(26)18(3)23-30(27,28)20-10-8-19(29-4)9-11-20/h5-11,18,23H,12-15H2,1-4H3/t18-/m1/s1. The predicted molar refractivity (Wildman–Crippen MR) is 117 cm³/mol. The fraction of sp³-hybridized carbons (Fsp3) is 0.409. The van der Waals surface area contributed by atoms with Crippen molar-refractivity contribution in [2.45, 2.75) is 31.7 Å². The van der Waals surface area contributed by atoms with Crippen molar-refractivity contribution < 1.29 is 17.9 Å². The van der Waals surface area contributed by atoms with Gasteiger partial charge in [0, 0.05) is 31.9 Å². The van der Waals surface area contributed by atoms with Gasteiger partial charge in [-0.05, 0) is 62.2 Å². The number of methoxy groups -OCH3 is 1. The number of ether oxygens (including phenoxy) is 1. The first kappa shape index (κ1) is 22.1. The zero-order chi connectivity index (χ0) is 21.9. The van der Waals surface area contributed by atoms with Crippen molar-refractivity contribution in [3.63, 3.8) is 0 Å². The zero-order valence-electron chi connectivity index (χ0n) is 17.9. The second kappa shape index (κ2) is 9.06. The Bertz CT molecular complexity index is 998. The molecule has 30 heavy (non-hydrogen) atoms. The average Bonchev–Trinajstić information content (AvgIpc) is 2.75. The normalized spacial score (nSPS) is 15.7. The molecule has 0 aromatic heterocycles. The molecule has 1 atom stereocenters. The van der Waals surface area contributed by atoms with E-state index >= 15 is 0 Å². The van der Waals surface area contributed by atoms with E-state index in [1.807, 2.05) is 6.07 Å². The number of piperazine rings is 1. The van der Waals surface area contributed by atoms with Gasteiger partial charge in [-0.25, -0.2) is 8.42 Å². The van der Waals surface area contributed by atoms with Gasteiger partial charge in [0.05, 0.1) is 18.0 Å². The van der Waals surface area contributed by atoms with Gasteiger partial charge in [0.2, 0.25) is 15.9 Å². The highest BCUT2D eigenvalue weighted by molar-refractivity contribution is 7.89. The highest BCUT2D eigenvalue weighted by Gasteiger charge is 2.28. The lowest BCUT2D eigenvalue weighted by Gasteiger charge is -2.38. The summed E-state index contributed by atoms with van der Waals surface area (Å²) in [6.07, 6.45) is 0. The van der Waals surface area contributed by atoms with Gasteiger partial charge in [0.25, 0.3) is 0 Å². The van der Waals surface area contributed by atoms with Gasteiger partial charge in [-0.1, -0.05) is 12.1 Å². The summed E-state index contributed by atoms with van der Waals surface area (Å²) in [6, 6.07) is 11.5. The Morgan fingerprint density at radius 3 is 2.27 bits per heavy atom. The maximum Gasteiger partial charge on any atom is 0.241 e. The first-order chi connectivity index (χ1) is 14.2. The molecule has 162 valence electrons. The maximum atomic E-state index is 12.8. The highest BCUT2D eigenvalue weighted by Crippen LogP contribution is 2.24. The molecule has 1 fully saturated rings. The van der Waals surface area contributed by atoms with Crippen LogP contribution in [0.5, 0.6) is 5.75 Å². The minimum Gasteiger partial charge on any atom is -0.497 e. The summed E-state index contributed by atoms with van der Waals surface area (Å²) >= 11 is 0. The van der Waals surface area contributed by atoms with Crippen molar-refractivity contribution in [2.75, 3.05) is 38.2 Å². The Labute approximate surface area is 178 Å². The van der Waals surface area contributed by atoms with Crippen LogP contribution in [0, 0.1) is 13.8 Å². The monoisotopic (exact) mass is 431 g/mol. The van der Waals surface area contributed by atoms with Crippen LogP contribution in [0.2, 0.25) is 0 Å². The second-order valence-corrected chi connectivity index (χ2v) is 9.26. The molecule has 1 saturated heterocycles. The third-order valence-electron chi connectivity index (χ3n) is 5.58. The number of hydrogen-bond acceptors (Lipinski definition) is 5. The SMILES string of the molecule is COc1ccc(S(=O)(=O)N[C@H](C)C(=O)N2CCN(c3cccc(C)c3C)CC2)cc1. The van der Waals surface area contributed by atoms with Gasteiger partial charge in [0.15, 0.2) is 0 Å². The van der Waals surface area contributed by atoms with Crippen molar-refractivity contribution in [2.24, 2.45) is 0 Å². The molecule has 0 unspecified atom stereocenters. The molecular weight excluding hydrogens is 402 g/mol. The third-order valence-corrected chi connectivity index (χ3v) is 7.14. The Morgan fingerprint density at radius 1 is 1.03 bits per heavy atom. The Balaban J connectivity index is 1.61. The molecule has 3 rings (SSSR count). The van der Waals surface area contributed by atoms with Crippen LogP contribution in [-0.2, 0) is 14.8 Å². The van der Waals surface area contributed by atoms with E-state index in [0.29, 0.717) is 31.9 Å². The van der Waals surface area contributed by atoms with Crippen molar-refractivity contribution >= 4 is 21.6 Å². The van der Waals surface area contributed by atoms with E-state index in [9.17, 15) is 13.2 Å². The number of carbonyl (C=O) groups is 1. The molecule has 0 spiro atoms. The van der Waals surface area contributed by atoms with Crippen LogP contribution >= 0.6 is 0 Å². The second-order valence-electron chi connectivity index (χ2n) is 7.55. The van der Waals surface area contributed by atoms with E-state index < -0.39 is 16.1 Å². The fourth-order valence-electron chi connectivity index (χ4n) is 3.63. The highest BCUT2D eigenvalue weighted by atomic mass is 32.2. The lowest BCUT2D eigenvalue weighted by Crippen LogP contribution is -2.54. The molecule has 1 amide bonds. The molecule has 0 aliphatic carbocycles. The average molecular weight is 432 g/mol. The number of nitrogens with zero attached hydrogens (tertiary/aromatic N) is 2. The van der Waals surface area contributed by atoms with Gasteiger partial charge in [-0.15, -0.1) is 0 Å². The first-order valence-corrected chi connectivity index (χ1v) is 11.5. The summed E-state index contributed by atoms with van der Waals surface area (Å²) < 4.78 is 32.8. The number of hydrogen-bond donors (Lipinski definition) is 1. The van der Waals surface area contributed by atoms with Crippen molar-refractivity contribution in [1.29, 1.82) is 0 Å². The quantitative estimate of drug-likeness (QED) is 0.760. The molecule has 0 saturated carbocycles. The van der Waals surface area contributed by atoms with E-state index in [2.05, 4.69) is 35.6 Å². The van der Waals surface area contributed by atoms with Gasteiger partial charge in [0.1, 0.15) is 5.75 Å². The molecule has 7 nitrogen and oxygen atoms in total. The van der Waals surface area contributed by atoms with Crippen molar-refractivity contribution in [3.8, 4) is 5.75 Å². The molecule has 2 aromatic carbocycles. The maximum absolute atomic E-state index is 12.8. The summed E-state index contributed by atoms with van der Waals surface area (Å²) in [7, 11) is -2.28. The van der Waals surface area contributed by atoms with E-state index in [0.717, 1.165) is 0 Å². The Morgan fingerprint density at radius 2 is 1.67 bits per heavy atom. The van der Waals surface area contributed by atoms with Crippen LogP contribution < -0.4 is 14.4 Å². The molecule has 1 N–H and O–H groups in total. The zero-order valence-corrected chi connectivity index (χ0v) is 18.7. The number of benzene rings is 2. The van der Waals surface area contributed by atoms with Crippen LogP contribution in [0.1, 0.15) is 18.1 Å². The summed E-state index contributed by atoms with van der Waals surface area (Å²) in [5.74, 6) is 0.354. The minimum atomic E-state index is -3.80. The van der Waals surface area contributed by atoms with Gasteiger partial charge >= 0.3 is 0 Å². The molecule has 0 radical (unpaired) electrons. The van der Waals surface area contributed by atoms with E-state index in [1.54, 1.807) is 24.0 Å². The van der Waals surface area contributed by atoms with E-state index in [4.69, 9.17) is 4.74 Å². The smallest absolute Gasteiger partial charge is 0.241 e. The van der Waals surface area contributed by atoms with Gasteiger partial charge in [-0.3, -0.25) is 4.79 Å². The van der Waals surface area contributed by atoms with Gasteiger partial charge < -0.3 is 14.5 Å². The summed E-state index contributed by atoms with van der Waals surface area (Å²) in [4.78, 5) is 16.9. The lowest BCUT2D eigenvalue weighted by atomic mass is 10.1. The number of aryl methyl sites for hydroxylation is 1. The van der Waals surface area contributed by atoms with Crippen LogP contribution in [0.25, 0.3) is 0 Å². The number of rotatable bonds is 6. The van der Waals surface area contributed by atoms with Crippen LogP contribution in [-0.4, -0.2) is 58.6 Å². The minimum absolute atomic E-state index is 0.0997. The number of nitrogens with one attached hydrogen (secondary N) is 1. The van der Waals surface area contributed by atoms with Crippen molar-refractivity contribution in [3.05, 3.63) is 53.6 Å². The first-order valence-electron chi connectivity index (χ1n) is 9.99. The number of anilines is 1. The van der Waals surface area contributed by atoms with E-state index in [1.165, 1.54) is 36.1 Å². The summed E-state index contributed by atoms with van der Waals surface area (Å²) in [5.41, 5.74) is 3.68. The molecule has 0 bridgehead atoms. The Kier molecular flexibility index (Phi) is 6.67. The third kappa shape index (κ3) is 4.76. The molecule has 2 aromatic rings. The summed E-state index contributed by atoms with van der Waals surface area (Å²) in [5, 5.41) is 0. The molecular formula is C22H29N3O4S. The largest absolute Gasteiger partial charge is 0.497 e. The van der Waals surface area contributed by atoms with Gasteiger partial charge in [-0.2, -0.15) is 4.72 Å². The van der Waals surface area contributed by atoms with Crippen LogP contribution in [0.15, 0.2) is 47.4 Å². The fourth-order valence-corrected chi connectivity index (χ4v) is 4.82.